The zero-order valence-electron chi connectivity index (χ0n) is 12.2. The van der Waals surface area contributed by atoms with Crippen LogP contribution in [0.3, 0.4) is 0 Å². The Hall–Kier alpha value is -2.36. The number of hydrogen-bond donors (Lipinski definition) is 1. The summed E-state index contributed by atoms with van der Waals surface area (Å²) in [5.41, 5.74) is 1.58. The van der Waals surface area contributed by atoms with Crippen molar-refractivity contribution >= 4 is 5.91 Å². The summed E-state index contributed by atoms with van der Waals surface area (Å²) in [6.45, 7) is 0.846. The fourth-order valence-corrected chi connectivity index (χ4v) is 2.76. The van der Waals surface area contributed by atoms with E-state index in [9.17, 15) is 9.18 Å². The van der Waals surface area contributed by atoms with Gasteiger partial charge in [0.25, 0.3) is 0 Å². The first-order valence-electron chi connectivity index (χ1n) is 7.46. The Morgan fingerprint density at radius 2 is 1.95 bits per heavy atom. The molecule has 1 amide bonds. The van der Waals surface area contributed by atoms with E-state index in [-0.39, 0.29) is 24.2 Å². The second kappa shape index (κ2) is 6.60. The summed E-state index contributed by atoms with van der Waals surface area (Å²) in [7, 11) is 0. The second-order valence-electron chi connectivity index (χ2n) is 5.44. The number of amides is 1. The summed E-state index contributed by atoms with van der Waals surface area (Å²) in [5.74, 6) is 0.662. The molecule has 3 rings (SSSR count). The van der Waals surface area contributed by atoms with Crippen molar-refractivity contribution in [2.45, 2.75) is 25.3 Å². The molecule has 0 saturated heterocycles. The van der Waals surface area contributed by atoms with Crippen LogP contribution in [0.2, 0.25) is 0 Å². The van der Waals surface area contributed by atoms with Gasteiger partial charge in [-0.15, -0.1) is 0 Å². The van der Waals surface area contributed by atoms with Crippen molar-refractivity contribution in [3.63, 3.8) is 0 Å². The molecule has 1 unspecified atom stereocenters. The summed E-state index contributed by atoms with van der Waals surface area (Å²) in [5, 5.41) is 2.80. The predicted octanol–water partition coefficient (Wildman–Crippen LogP) is 3.40. The van der Waals surface area contributed by atoms with Gasteiger partial charge in [-0.25, -0.2) is 4.39 Å². The molecule has 1 aliphatic rings. The maximum atomic E-state index is 13.5. The molecule has 3 nitrogen and oxygen atoms in total. The minimum Gasteiger partial charge on any atom is -0.493 e. The van der Waals surface area contributed by atoms with Crippen molar-refractivity contribution in [3.8, 4) is 5.75 Å². The Morgan fingerprint density at radius 1 is 1.18 bits per heavy atom. The minimum absolute atomic E-state index is 0.0649. The molecule has 0 radical (unpaired) electrons. The number of fused-ring (bicyclic) bond motifs is 1. The monoisotopic (exact) mass is 299 g/mol. The Kier molecular flexibility index (Phi) is 4.37. The van der Waals surface area contributed by atoms with Crippen LogP contribution >= 0.6 is 0 Å². The van der Waals surface area contributed by atoms with Gasteiger partial charge in [0.1, 0.15) is 11.6 Å². The van der Waals surface area contributed by atoms with Crippen LogP contribution in [0.5, 0.6) is 5.75 Å². The first-order valence-corrected chi connectivity index (χ1v) is 7.46. The SMILES string of the molecule is O=C(CC1CCOc2ccccc21)NCc1ccccc1F. The van der Waals surface area contributed by atoms with E-state index >= 15 is 0 Å². The number of benzene rings is 2. The average molecular weight is 299 g/mol. The third-order valence-electron chi connectivity index (χ3n) is 3.95. The number of ether oxygens (including phenoxy) is 1. The molecular formula is C18H18FNO2. The molecule has 114 valence electrons. The Balaban J connectivity index is 1.60. The first kappa shape index (κ1) is 14.6. The minimum atomic E-state index is -0.292. The Bertz CT molecular complexity index is 672. The van der Waals surface area contributed by atoms with E-state index in [0.717, 1.165) is 17.7 Å². The highest BCUT2D eigenvalue weighted by Gasteiger charge is 2.23. The van der Waals surface area contributed by atoms with Crippen LogP contribution in [-0.2, 0) is 11.3 Å². The number of hydrogen-bond acceptors (Lipinski definition) is 2. The van der Waals surface area contributed by atoms with Crippen LogP contribution in [0.25, 0.3) is 0 Å². The molecule has 22 heavy (non-hydrogen) atoms. The van der Waals surface area contributed by atoms with Gasteiger partial charge in [0, 0.05) is 18.5 Å². The van der Waals surface area contributed by atoms with Crippen LogP contribution in [0, 0.1) is 5.82 Å². The van der Waals surface area contributed by atoms with Crippen molar-refractivity contribution in [1.82, 2.24) is 5.32 Å². The van der Waals surface area contributed by atoms with Gasteiger partial charge in [0.15, 0.2) is 0 Å². The molecule has 1 heterocycles. The van der Waals surface area contributed by atoms with E-state index in [1.54, 1.807) is 18.2 Å². The lowest BCUT2D eigenvalue weighted by Crippen LogP contribution is -2.26. The fourth-order valence-electron chi connectivity index (χ4n) is 2.76. The van der Waals surface area contributed by atoms with Crippen LogP contribution < -0.4 is 10.1 Å². The maximum Gasteiger partial charge on any atom is 0.220 e. The molecule has 2 aromatic carbocycles. The Morgan fingerprint density at radius 3 is 2.82 bits per heavy atom. The third-order valence-corrected chi connectivity index (χ3v) is 3.95. The van der Waals surface area contributed by atoms with Crippen LogP contribution in [0.1, 0.15) is 29.9 Å². The van der Waals surface area contributed by atoms with Gasteiger partial charge in [-0.3, -0.25) is 4.79 Å². The van der Waals surface area contributed by atoms with Gasteiger partial charge in [-0.05, 0) is 30.0 Å². The molecule has 0 fully saturated rings. The molecule has 0 bridgehead atoms. The standard InChI is InChI=1S/C18H18FNO2/c19-16-7-3-1-5-14(16)12-20-18(21)11-13-9-10-22-17-8-4-2-6-15(13)17/h1-8,13H,9-12H2,(H,20,21). The number of carbonyl (C=O) groups excluding carboxylic acids is 1. The van der Waals surface area contributed by atoms with Crippen molar-refractivity contribution < 1.29 is 13.9 Å². The van der Waals surface area contributed by atoms with Crippen LogP contribution in [0.4, 0.5) is 4.39 Å². The molecular weight excluding hydrogens is 281 g/mol. The summed E-state index contributed by atoms with van der Waals surface area (Å²) in [4.78, 5) is 12.1. The molecule has 0 aliphatic carbocycles. The summed E-state index contributed by atoms with van der Waals surface area (Å²) >= 11 is 0. The molecule has 1 aliphatic heterocycles. The molecule has 0 aromatic heterocycles. The van der Waals surface area contributed by atoms with Crippen LogP contribution in [0.15, 0.2) is 48.5 Å². The van der Waals surface area contributed by atoms with E-state index in [1.807, 2.05) is 24.3 Å². The normalized spacial score (nSPS) is 16.5. The molecule has 1 N–H and O–H groups in total. The second-order valence-corrected chi connectivity index (χ2v) is 5.44. The molecule has 1 atom stereocenters. The molecule has 4 heteroatoms. The van der Waals surface area contributed by atoms with Gasteiger partial charge in [0.2, 0.25) is 5.91 Å². The zero-order valence-corrected chi connectivity index (χ0v) is 12.2. The number of carbonyl (C=O) groups is 1. The molecule has 0 spiro atoms. The Labute approximate surface area is 129 Å². The lowest BCUT2D eigenvalue weighted by Gasteiger charge is -2.25. The van der Waals surface area contributed by atoms with Crippen LogP contribution in [-0.4, -0.2) is 12.5 Å². The van der Waals surface area contributed by atoms with Crippen molar-refractivity contribution in [2.24, 2.45) is 0 Å². The van der Waals surface area contributed by atoms with Gasteiger partial charge in [0.05, 0.1) is 6.61 Å². The van der Waals surface area contributed by atoms with Gasteiger partial charge < -0.3 is 10.1 Å². The van der Waals surface area contributed by atoms with E-state index < -0.39 is 0 Å². The number of para-hydroxylation sites is 1. The van der Waals surface area contributed by atoms with E-state index in [1.165, 1.54) is 6.07 Å². The number of halogens is 1. The maximum absolute atomic E-state index is 13.5. The molecule has 0 saturated carbocycles. The number of rotatable bonds is 4. The van der Waals surface area contributed by atoms with E-state index in [4.69, 9.17) is 4.74 Å². The van der Waals surface area contributed by atoms with Gasteiger partial charge in [-0.1, -0.05) is 36.4 Å². The first-order chi connectivity index (χ1) is 10.7. The largest absolute Gasteiger partial charge is 0.493 e. The van der Waals surface area contributed by atoms with Crippen molar-refractivity contribution in [1.29, 1.82) is 0 Å². The highest BCUT2D eigenvalue weighted by Crippen LogP contribution is 2.35. The highest BCUT2D eigenvalue weighted by atomic mass is 19.1. The quantitative estimate of drug-likeness (QED) is 0.939. The third kappa shape index (κ3) is 3.27. The lowest BCUT2D eigenvalue weighted by molar-refractivity contribution is -0.121. The van der Waals surface area contributed by atoms with E-state index in [0.29, 0.717) is 18.6 Å². The highest BCUT2D eigenvalue weighted by molar-refractivity contribution is 5.77. The fraction of sp³-hybridized carbons (Fsp3) is 0.278. The topological polar surface area (TPSA) is 38.3 Å². The summed E-state index contributed by atoms with van der Waals surface area (Å²) in [6.07, 6.45) is 1.22. The van der Waals surface area contributed by atoms with Crippen molar-refractivity contribution in [2.75, 3.05) is 6.61 Å². The van der Waals surface area contributed by atoms with Gasteiger partial charge in [-0.2, -0.15) is 0 Å². The molecule has 2 aromatic rings. The van der Waals surface area contributed by atoms with Gasteiger partial charge >= 0.3 is 0 Å². The predicted molar refractivity (Wildman–Crippen MR) is 82.2 cm³/mol. The summed E-state index contributed by atoms with van der Waals surface area (Å²) < 4.78 is 19.1. The van der Waals surface area contributed by atoms with Crippen molar-refractivity contribution in [3.05, 3.63) is 65.5 Å². The van der Waals surface area contributed by atoms with E-state index in [2.05, 4.69) is 5.32 Å². The average Bonchev–Trinajstić information content (AvgIpc) is 2.54. The lowest BCUT2D eigenvalue weighted by atomic mass is 9.90. The smallest absolute Gasteiger partial charge is 0.220 e. The number of nitrogens with one attached hydrogen (secondary N) is 1. The zero-order chi connectivity index (χ0) is 15.4. The summed E-state index contributed by atoms with van der Waals surface area (Å²) in [6, 6.07) is 14.3.